The highest BCUT2D eigenvalue weighted by molar-refractivity contribution is 7.10. The third kappa shape index (κ3) is 2.36. The number of carbonyl (C=O) groups is 1. The Bertz CT molecular complexity index is 580. The van der Waals surface area contributed by atoms with E-state index in [4.69, 9.17) is 0 Å². The van der Waals surface area contributed by atoms with Crippen LogP contribution >= 0.6 is 11.3 Å². The number of fused-ring (bicyclic) bond motifs is 1. The molecule has 1 aromatic heterocycles. The highest BCUT2D eigenvalue weighted by Gasteiger charge is 2.24. The molecule has 2 aromatic rings. The summed E-state index contributed by atoms with van der Waals surface area (Å²) < 4.78 is 0. The van der Waals surface area contributed by atoms with Gasteiger partial charge in [0.15, 0.2) is 0 Å². The lowest BCUT2D eigenvalue weighted by atomic mass is 10.1. The van der Waals surface area contributed by atoms with Crippen LogP contribution in [0.2, 0.25) is 0 Å². The lowest BCUT2D eigenvalue weighted by molar-refractivity contribution is -0.117. The molecule has 1 aromatic carbocycles. The van der Waals surface area contributed by atoms with Crippen LogP contribution in [-0.2, 0) is 11.2 Å². The maximum absolute atomic E-state index is 12.4. The van der Waals surface area contributed by atoms with Crippen molar-refractivity contribution in [3.8, 4) is 0 Å². The fourth-order valence-electron chi connectivity index (χ4n) is 2.42. The Balaban J connectivity index is 1.86. The van der Waals surface area contributed by atoms with Crippen molar-refractivity contribution in [2.24, 2.45) is 0 Å². The van der Waals surface area contributed by atoms with Crippen LogP contribution in [0.1, 0.15) is 4.88 Å². The molecular formula is C15H16N2OS. The molecule has 0 saturated heterocycles. The summed E-state index contributed by atoms with van der Waals surface area (Å²) in [6.07, 6.45) is 0.496. The molecule has 0 atom stereocenters. The Hall–Kier alpha value is -1.81. The van der Waals surface area contributed by atoms with Crippen LogP contribution in [-0.4, -0.2) is 26.0 Å². The topological polar surface area (TPSA) is 23.6 Å². The molecule has 0 aliphatic carbocycles. The molecule has 0 fully saturated rings. The molecule has 2 heterocycles. The molecule has 0 N–H and O–H groups in total. The van der Waals surface area contributed by atoms with Crippen molar-refractivity contribution in [1.29, 1.82) is 0 Å². The van der Waals surface area contributed by atoms with E-state index in [0.717, 1.165) is 29.3 Å². The summed E-state index contributed by atoms with van der Waals surface area (Å²) in [6, 6.07) is 12.1. The van der Waals surface area contributed by atoms with Gasteiger partial charge in [0.25, 0.3) is 0 Å². The first-order valence-corrected chi connectivity index (χ1v) is 7.26. The van der Waals surface area contributed by atoms with Gasteiger partial charge in [-0.3, -0.25) is 4.79 Å². The monoisotopic (exact) mass is 272 g/mol. The van der Waals surface area contributed by atoms with Gasteiger partial charge in [0.2, 0.25) is 5.91 Å². The van der Waals surface area contributed by atoms with E-state index >= 15 is 0 Å². The van der Waals surface area contributed by atoms with Crippen molar-refractivity contribution < 1.29 is 4.79 Å². The van der Waals surface area contributed by atoms with Crippen LogP contribution in [0.15, 0.2) is 41.8 Å². The second kappa shape index (κ2) is 5.05. The number of likely N-dealkylation sites (N-methyl/N-ethyl adjacent to an activating group) is 1. The molecule has 0 saturated carbocycles. The fraction of sp³-hybridized carbons (Fsp3) is 0.267. The maximum Gasteiger partial charge on any atom is 0.232 e. The average molecular weight is 272 g/mol. The van der Waals surface area contributed by atoms with Gasteiger partial charge >= 0.3 is 0 Å². The molecule has 0 bridgehead atoms. The van der Waals surface area contributed by atoms with Gasteiger partial charge in [-0.1, -0.05) is 18.2 Å². The molecular weight excluding hydrogens is 256 g/mol. The quantitative estimate of drug-likeness (QED) is 0.839. The third-order valence-corrected chi connectivity index (χ3v) is 4.33. The smallest absolute Gasteiger partial charge is 0.232 e. The molecule has 98 valence electrons. The number of para-hydroxylation sites is 2. The van der Waals surface area contributed by atoms with Crippen molar-refractivity contribution in [3.05, 3.63) is 46.7 Å². The lowest BCUT2D eigenvalue weighted by Gasteiger charge is -2.35. The van der Waals surface area contributed by atoms with E-state index in [1.54, 1.807) is 11.3 Å². The Morgan fingerprint density at radius 3 is 2.68 bits per heavy atom. The van der Waals surface area contributed by atoms with Crippen LogP contribution in [0.3, 0.4) is 0 Å². The minimum atomic E-state index is 0.183. The van der Waals surface area contributed by atoms with Gasteiger partial charge in [0.05, 0.1) is 17.8 Å². The van der Waals surface area contributed by atoms with Crippen LogP contribution in [0.5, 0.6) is 0 Å². The number of hydrogen-bond donors (Lipinski definition) is 0. The SMILES string of the molecule is CN1CCN(C(=O)Cc2cccs2)c2ccccc21. The summed E-state index contributed by atoms with van der Waals surface area (Å²) in [4.78, 5) is 17.7. The van der Waals surface area contributed by atoms with E-state index in [0.29, 0.717) is 6.42 Å². The minimum absolute atomic E-state index is 0.183. The van der Waals surface area contributed by atoms with E-state index in [1.807, 2.05) is 40.6 Å². The van der Waals surface area contributed by atoms with Crippen molar-refractivity contribution in [3.63, 3.8) is 0 Å². The molecule has 4 heteroatoms. The molecule has 0 unspecified atom stereocenters. The highest BCUT2D eigenvalue weighted by Crippen LogP contribution is 2.32. The molecule has 1 aliphatic rings. The van der Waals surface area contributed by atoms with Crippen LogP contribution < -0.4 is 9.80 Å². The number of amides is 1. The number of rotatable bonds is 2. The number of anilines is 2. The first-order chi connectivity index (χ1) is 9.25. The zero-order valence-electron chi connectivity index (χ0n) is 10.9. The summed E-state index contributed by atoms with van der Waals surface area (Å²) >= 11 is 1.64. The van der Waals surface area contributed by atoms with E-state index in [1.165, 1.54) is 0 Å². The standard InChI is InChI=1S/C15H16N2OS/c1-16-8-9-17(14-7-3-2-6-13(14)16)15(18)11-12-5-4-10-19-12/h2-7,10H,8-9,11H2,1H3. The van der Waals surface area contributed by atoms with Crippen molar-refractivity contribution >= 4 is 28.6 Å². The maximum atomic E-state index is 12.4. The molecule has 19 heavy (non-hydrogen) atoms. The normalized spacial score (nSPS) is 14.4. The number of carbonyl (C=O) groups excluding carboxylic acids is 1. The molecule has 1 amide bonds. The Kier molecular flexibility index (Phi) is 3.25. The van der Waals surface area contributed by atoms with Crippen LogP contribution in [0.25, 0.3) is 0 Å². The number of benzene rings is 1. The van der Waals surface area contributed by atoms with E-state index in [-0.39, 0.29) is 5.91 Å². The zero-order chi connectivity index (χ0) is 13.2. The third-order valence-electron chi connectivity index (χ3n) is 3.45. The lowest BCUT2D eigenvalue weighted by Crippen LogP contribution is -2.43. The van der Waals surface area contributed by atoms with E-state index in [9.17, 15) is 4.79 Å². The van der Waals surface area contributed by atoms with E-state index < -0.39 is 0 Å². The minimum Gasteiger partial charge on any atom is -0.371 e. The van der Waals surface area contributed by atoms with Gasteiger partial charge in [0, 0.05) is 25.0 Å². The van der Waals surface area contributed by atoms with Gasteiger partial charge in [-0.25, -0.2) is 0 Å². The predicted octanol–water partition coefficient (Wildman–Crippen LogP) is 2.77. The van der Waals surface area contributed by atoms with Crippen molar-refractivity contribution in [2.45, 2.75) is 6.42 Å². The largest absolute Gasteiger partial charge is 0.371 e. The number of thiophene rings is 1. The summed E-state index contributed by atoms with van der Waals surface area (Å²) in [7, 11) is 2.07. The Labute approximate surface area is 117 Å². The zero-order valence-corrected chi connectivity index (χ0v) is 11.7. The second-order valence-electron chi connectivity index (χ2n) is 4.71. The predicted molar refractivity (Wildman–Crippen MR) is 80.1 cm³/mol. The fourth-order valence-corrected chi connectivity index (χ4v) is 3.12. The summed E-state index contributed by atoms with van der Waals surface area (Å²) in [5, 5.41) is 2.01. The highest BCUT2D eigenvalue weighted by atomic mass is 32.1. The molecule has 0 radical (unpaired) electrons. The van der Waals surface area contributed by atoms with Gasteiger partial charge in [-0.15, -0.1) is 11.3 Å². The number of nitrogens with zero attached hydrogens (tertiary/aromatic N) is 2. The van der Waals surface area contributed by atoms with Crippen molar-refractivity contribution in [2.75, 3.05) is 29.9 Å². The van der Waals surface area contributed by atoms with Gasteiger partial charge in [0.1, 0.15) is 0 Å². The molecule has 1 aliphatic heterocycles. The van der Waals surface area contributed by atoms with Crippen LogP contribution in [0.4, 0.5) is 11.4 Å². The average Bonchev–Trinajstić information content (AvgIpc) is 2.92. The summed E-state index contributed by atoms with van der Waals surface area (Å²) in [6.45, 7) is 1.64. The van der Waals surface area contributed by atoms with Gasteiger partial charge in [-0.05, 0) is 23.6 Å². The van der Waals surface area contributed by atoms with Gasteiger partial charge in [-0.2, -0.15) is 0 Å². The summed E-state index contributed by atoms with van der Waals surface area (Å²) in [5.74, 6) is 0.183. The first-order valence-electron chi connectivity index (χ1n) is 6.38. The Morgan fingerprint density at radius 2 is 1.95 bits per heavy atom. The Morgan fingerprint density at radius 1 is 1.16 bits per heavy atom. The first kappa shape index (κ1) is 12.2. The summed E-state index contributed by atoms with van der Waals surface area (Å²) in [5.41, 5.74) is 2.16. The van der Waals surface area contributed by atoms with Crippen molar-refractivity contribution in [1.82, 2.24) is 0 Å². The molecule has 3 rings (SSSR count). The molecule has 0 spiro atoms. The van der Waals surface area contributed by atoms with Gasteiger partial charge < -0.3 is 9.80 Å². The van der Waals surface area contributed by atoms with Crippen LogP contribution in [0, 0.1) is 0 Å². The molecule has 3 nitrogen and oxygen atoms in total. The second-order valence-corrected chi connectivity index (χ2v) is 5.74. The number of hydrogen-bond acceptors (Lipinski definition) is 3. The van der Waals surface area contributed by atoms with E-state index in [2.05, 4.69) is 18.0 Å².